The Balaban J connectivity index is 2.64. The highest BCUT2D eigenvalue weighted by atomic mass is 19.1. The SMILES string of the molecule is CCOC(=O)CCC(=O)c1cc(F)ccc1C. The van der Waals surface area contributed by atoms with Gasteiger partial charge in [0.1, 0.15) is 5.82 Å². The minimum atomic E-state index is -0.449. The molecule has 4 heteroatoms. The van der Waals surface area contributed by atoms with Crippen LogP contribution in [0, 0.1) is 12.7 Å². The second-order valence-corrected chi connectivity index (χ2v) is 3.69. The van der Waals surface area contributed by atoms with Gasteiger partial charge in [0.2, 0.25) is 0 Å². The van der Waals surface area contributed by atoms with Crippen molar-refractivity contribution >= 4 is 11.8 Å². The monoisotopic (exact) mass is 238 g/mol. The minimum absolute atomic E-state index is 0.0304. The first-order valence-electron chi connectivity index (χ1n) is 5.49. The van der Waals surface area contributed by atoms with Gasteiger partial charge in [-0.3, -0.25) is 9.59 Å². The topological polar surface area (TPSA) is 43.4 Å². The number of Topliss-reactive ketones (excluding diaryl/α,β-unsaturated/α-hetero) is 1. The number of aryl methyl sites for hydroxylation is 1. The van der Waals surface area contributed by atoms with Gasteiger partial charge in [0, 0.05) is 12.0 Å². The smallest absolute Gasteiger partial charge is 0.306 e. The zero-order valence-corrected chi connectivity index (χ0v) is 9.96. The van der Waals surface area contributed by atoms with Gasteiger partial charge in [-0.15, -0.1) is 0 Å². The first kappa shape index (κ1) is 13.4. The van der Waals surface area contributed by atoms with Gasteiger partial charge in [-0.2, -0.15) is 0 Å². The summed E-state index contributed by atoms with van der Waals surface area (Å²) in [4.78, 5) is 22.8. The molecule has 0 aliphatic carbocycles. The van der Waals surface area contributed by atoms with Crippen LogP contribution >= 0.6 is 0 Å². The third kappa shape index (κ3) is 3.98. The number of hydrogen-bond donors (Lipinski definition) is 0. The summed E-state index contributed by atoms with van der Waals surface area (Å²) in [6.45, 7) is 3.74. The highest BCUT2D eigenvalue weighted by molar-refractivity contribution is 5.98. The maximum absolute atomic E-state index is 13.0. The van der Waals surface area contributed by atoms with E-state index >= 15 is 0 Å². The number of rotatable bonds is 5. The van der Waals surface area contributed by atoms with Gasteiger partial charge < -0.3 is 4.74 Å². The van der Waals surface area contributed by atoms with Crippen LogP contribution in [0.2, 0.25) is 0 Å². The third-order valence-electron chi connectivity index (χ3n) is 2.36. The molecule has 0 heterocycles. The second kappa shape index (κ2) is 6.13. The summed E-state index contributed by atoms with van der Waals surface area (Å²) < 4.78 is 17.7. The molecule has 0 amide bonds. The van der Waals surface area contributed by atoms with Crippen LogP contribution in [0.5, 0.6) is 0 Å². The molecule has 92 valence electrons. The van der Waals surface area contributed by atoms with Crippen LogP contribution < -0.4 is 0 Å². The van der Waals surface area contributed by atoms with Crippen LogP contribution in [-0.4, -0.2) is 18.4 Å². The highest BCUT2D eigenvalue weighted by Gasteiger charge is 2.12. The summed E-state index contributed by atoms with van der Waals surface area (Å²) in [5.41, 5.74) is 1.04. The largest absolute Gasteiger partial charge is 0.466 e. The Morgan fingerprint density at radius 3 is 2.65 bits per heavy atom. The molecule has 0 radical (unpaired) electrons. The Morgan fingerprint density at radius 1 is 1.29 bits per heavy atom. The fourth-order valence-corrected chi connectivity index (χ4v) is 1.48. The molecule has 0 saturated heterocycles. The van der Waals surface area contributed by atoms with Crippen molar-refractivity contribution in [2.24, 2.45) is 0 Å². The number of esters is 1. The van der Waals surface area contributed by atoms with Crippen molar-refractivity contribution in [1.29, 1.82) is 0 Å². The third-order valence-corrected chi connectivity index (χ3v) is 2.36. The van der Waals surface area contributed by atoms with Gasteiger partial charge in [-0.05, 0) is 31.5 Å². The van der Waals surface area contributed by atoms with E-state index in [0.29, 0.717) is 17.7 Å². The molecule has 0 atom stereocenters. The average Bonchev–Trinajstić information content (AvgIpc) is 2.29. The lowest BCUT2D eigenvalue weighted by molar-refractivity contribution is -0.143. The Kier molecular flexibility index (Phi) is 4.82. The van der Waals surface area contributed by atoms with Gasteiger partial charge in [-0.25, -0.2) is 4.39 Å². The van der Waals surface area contributed by atoms with E-state index in [1.165, 1.54) is 12.1 Å². The number of carbonyl (C=O) groups is 2. The first-order valence-corrected chi connectivity index (χ1v) is 5.49. The zero-order valence-electron chi connectivity index (χ0n) is 9.96. The Hall–Kier alpha value is -1.71. The molecule has 17 heavy (non-hydrogen) atoms. The molecule has 3 nitrogen and oxygen atoms in total. The lowest BCUT2D eigenvalue weighted by atomic mass is 10.0. The van der Waals surface area contributed by atoms with Crippen LogP contribution in [0.15, 0.2) is 18.2 Å². The second-order valence-electron chi connectivity index (χ2n) is 3.69. The highest BCUT2D eigenvalue weighted by Crippen LogP contribution is 2.13. The van der Waals surface area contributed by atoms with Crippen molar-refractivity contribution in [3.05, 3.63) is 35.1 Å². The maximum Gasteiger partial charge on any atom is 0.306 e. The van der Waals surface area contributed by atoms with E-state index in [2.05, 4.69) is 0 Å². The number of halogens is 1. The fraction of sp³-hybridized carbons (Fsp3) is 0.385. The summed E-state index contributed by atoms with van der Waals surface area (Å²) >= 11 is 0. The van der Waals surface area contributed by atoms with Crippen molar-refractivity contribution < 1.29 is 18.7 Å². The van der Waals surface area contributed by atoms with Crippen LogP contribution in [0.1, 0.15) is 35.7 Å². The van der Waals surface area contributed by atoms with E-state index in [1.807, 2.05) is 0 Å². The molecule has 0 fully saturated rings. The van der Waals surface area contributed by atoms with Gasteiger partial charge >= 0.3 is 5.97 Å². The van der Waals surface area contributed by atoms with E-state index in [1.54, 1.807) is 19.9 Å². The van der Waals surface area contributed by atoms with Gasteiger partial charge in [0.05, 0.1) is 13.0 Å². The number of hydrogen-bond acceptors (Lipinski definition) is 3. The fourth-order valence-electron chi connectivity index (χ4n) is 1.48. The van der Waals surface area contributed by atoms with Crippen LogP contribution in [0.3, 0.4) is 0 Å². The predicted octanol–water partition coefficient (Wildman–Crippen LogP) is 2.66. The van der Waals surface area contributed by atoms with Crippen LogP contribution in [-0.2, 0) is 9.53 Å². The van der Waals surface area contributed by atoms with Crippen molar-refractivity contribution in [1.82, 2.24) is 0 Å². The molecular weight excluding hydrogens is 223 g/mol. The lowest BCUT2D eigenvalue weighted by Crippen LogP contribution is -2.09. The van der Waals surface area contributed by atoms with Crippen molar-refractivity contribution in [3.8, 4) is 0 Å². The summed E-state index contributed by atoms with van der Waals surface area (Å²) in [5.74, 6) is -1.10. The van der Waals surface area contributed by atoms with Gasteiger partial charge in [0.15, 0.2) is 5.78 Å². The maximum atomic E-state index is 13.0. The molecule has 0 unspecified atom stereocenters. The minimum Gasteiger partial charge on any atom is -0.466 e. The molecule has 0 aromatic heterocycles. The molecule has 1 rings (SSSR count). The van der Waals surface area contributed by atoms with Gasteiger partial charge in [-0.1, -0.05) is 6.07 Å². The quantitative estimate of drug-likeness (QED) is 0.585. The molecule has 0 aliphatic rings. The summed E-state index contributed by atoms with van der Waals surface area (Å²) in [6.07, 6.45) is 0.0752. The molecule has 0 spiro atoms. The molecular formula is C13H15FO3. The Morgan fingerprint density at radius 2 is 2.00 bits per heavy atom. The number of carbonyl (C=O) groups excluding carboxylic acids is 2. The van der Waals surface area contributed by atoms with Crippen molar-refractivity contribution in [3.63, 3.8) is 0 Å². The van der Waals surface area contributed by atoms with Gasteiger partial charge in [0.25, 0.3) is 0 Å². The predicted molar refractivity (Wildman–Crippen MR) is 61.3 cm³/mol. The van der Waals surface area contributed by atoms with Crippen molar-refractivity contribution in [2.45, 2.75) is 26.7 Å². The van der Waals surface area contributed by atoms with E-state index in [4.69, 9.17) is 4.74 Å². The molecule has 1 aromatic carbocycles. The number of ether oxygens (including phenoxy) is 1. The zero-order chi connectivity index (χ0) is 12.8. The van der Waals surface area contributed by atoms with Crippen LogP contribution in [0.4, 0.5) is 4.39 Å². The molecule has 0 saturated carbocycles. The van der Waals surface area contributed by atoms with E-state index in [9.17, 15) is 14.0 Å². The van der Waals surface area contributed by atoms with E-state index < -0.39 is 11.8 Å². The molecule has 0 N–H and O–H groups in total. The number of benzene rings is 1. The molecule has 1 aromatic rings. The normalized spacial score (nSPS) is 10.1. The first-order chi connectivity index (χ1) is 8.04. The van der Waals surface area contributed by atoms with Crippen LogP contribution in [0.25, 0.3) is 0 Å². The Bertz CT molecular complexity index is 427. The molecule has 0 bridgehead atoms. The Labute approximate surface area is 99.6 Å². The summed E-state index contributed by atoms with van der Waals surface area (Å²) in [5, 5.41) is 0. The molecule has 0 aliphatic heterocycles. The number of ketones is 1. The van der Waals surface area contributed by atoms with Crippen molar-refractivity contribution in [2.75, 3.05) is 6.61 Å². The lowest BCUT2D eigenvalue weighted by Gasteiger charge is -2.05. The van der Waals surface area contributed by atoms with E-state index in [0.717, 1.165) is 0 Å². The summed E-state index contributed by atoms with van der Waals surface area (Å²) in [6, 6.07) is 4.05. The standard InChI is InChI=1S/C13H15FO3/c1-3-17-13(16)7-6-12(15)11-8-10(14)5-4-9(11)2/h4-5,8H,3,6-7H2,1-2H3. The van der Waals surface area contributed by atoms with E-state index in [-0.39, 0.29) is 18.6 Å². The average molecular weight is 238 g/mol. The summed E-state index contributed by atoms with van der Waals surface area (Å²) in [7, 11) is 0.